The van der Waals surface area contributed by atoms with Crippen LogP contribution in [0.3, 0.4) is 0 Å². The van der Waals surface area contributed by atoms with Gasteiger partial charge in [-0.1, -0.05) is 24.3 Å². The minimum atomic E-state index is -0.876. The summed E-state index contributed by atoms with van der Waals surface area (Å²) in [4.78, 5) is 66.5. The van der Waals surface area contributed by atoms with Crippen LogP contribution in [-0.4, -0.2) is 104 Å². The fourth-order valence-electron chi connectivity index (χ4n) is 6.32. The number of nitrogens with two attached hydrogens (primary N) is 2. The first-order valence-corrected chi connectivity index (χ1v) is 18.8. The molecule has 314 valence electrons. The highest BCUT2D eigenvalue weighted by molar-refractivity contribution is 6.04. The molecule has 59 heavy (non-hydrogen) atoms. The molecule has 6 N–H and O–H groups in total. The van der Waals surface area contributed by atoms with E-state index in [2.05, 4.69) is 20.7 Å². The maximum atomic E-state index is 13.5. The number of aromatic nitrogens is 4. The number of anilines is 2. The van der Waals surface area contributed by atoms with Crippen molar-refractivity contribution in [2.24, 2.45) is 11.5 Å². The second-order valence-electron chi connectivity index (χ2n) is 14.4. The Bertz CT molecular complexity index is 2310. The molecule has 0 atom stereocenters. The van der Waals surface area contributed by atoms with E-state index in [1.165, 1.54) is 25.3 Å². The van der Waals surface area contributed by atoms with Crippen molar-refractivity contribution in [3.63, 3.8) is 0 Å². The van der Waals surface area contributed by atoms with E-state index in [1.54, 1.807) is 72.3 Å². The lowest BCUT2D eigenvalue weighted by Crippen LogP contribution is -2.44. The summed E-state index contributed by atoms with van der Waals surface area (Å²) in [5.74, 6) is -1.58. The highest BCUT2D eigenvalue weighted by Crippen LogP contribution is 2.36. The van der Waals surface area contributed by atoms with Crippen molar-refractivity contribution in [2.45, 2.75) is 59.7 Å². The molecule has 2 aromatic heterocycles. The summed E-state index contributed by atoms with van der Waals surface area (Å²) in [5, 5.41) is 25.8. The van der Waals surface area contributed by atoms with E-state index in [4.69, 9.17) is 25.7 Å². The van der Waals surface area contributed by atoms with E-state index in [1.807, 2.05) is 11.9 Å². The van der Waals surface area contributed by atoms with Crippen molar-refractivity contribution in [3.8, 4) is 11.5 Å². The minimum Gasteiger partial charge on any atom is -0.494 e. The first kappa shape index (κ1) is 43.2. The lowest BCUT2D eigenvalue weighted by molar-refractivity contribution is -0.384. The standard InChI is InChI=1S/C39H49N11O9/c1-7-48-29(19-24(2)45-48)36(53)44-37-43-27-20-25(34(40)51)23-31(57-6)33(27)47(37)16-9-8-13-42-32-28(50(55)56)21-26(35(41)52)22-30(32)58-18-11-10-14-46-15-12-17-49(46)38(54)59-39(3,4)5/h8-11,19-23,42H,7,12-18H2,1-6H3,(H2,40,51)(H2,41,52)(H,43,44,53)/b9-8+,11-10+. The van der Waals surface area contributed by atoms with Crippen LogP contribution in [0.25, 0.3) is 11.0 Å². The second-order valence-corrected chi connectivity index (χ2v) is 14.4. The molecular formula is C39H49N11O9. The fraction of sp³-hybridized carbons (Fsp3) is 0.385. The molecule has 20 heteroatoms. The first-order valence-electron chi connectivity index (χ1n) is 18.8. The van der Waals surface area contributed by atoms with Gasteiger partial charge in [-0.15, -0.1) is 0 Å². The van der Waals surface area contributed by atoms with Crippen LogP contribution in [0.5, 0.6) is 11.5 Å². The number of hydrazine groups is 1. The number of nitrogens with zero attached hydrogens (tertiary/aromatic N) is 7. The Hall–Kier alpha value is -6.96. The van der Waals surface area contributed by atoms with Gasteiger partial charge in [-0.25, -0.2) is 19.8 Å². The lowest BCUT2D eigenvalue weighted by Gasteiger charge is -2.29. The van der Waals surface area contributed by atoms with Crippen LogP contribution in [0.2, 0.25) is 0 Å². The summed E-state index contributed by atoms with van der Waals surface area (Å²) in [7, 11) is 1.43. The normalized spacial score (nSPS) is 13.4. The zero-order chi connectivity index (χ0) is 43.0. The van der Waals surface area contributed by atoms with Crippen LogP contribution in [0.4, 0.5) is 22.1 Å². The monoisotopic (exact) mass is 815 g/mol. The summed E-state index contributed by atoms with van der Waals surface area (Å²) >= 11 is 0. The first-order chi connectivity index (χ1) is 28.0. The molecule has 4 aromatic rings. The molecule has 1 aliphatic heterocycles. The van der Waals surface area contributed by atoms with Crippen molar-refractivity contribution in [2.75, 3.05) is 50.5 Å². The third-order valence-corrected chi connectivity index (χ3v) is 8.93. The van der Waals surface area contributed by atoms with Gasteiger partial charge in [-0.3, -0.25) is 34.5 Å². The van der Waals surface area contributed by atoms with Gasteiger partial charge in [0.1, 0.15) is 29.2 Å². The van der Waals surface area contributed by atoms with Gasteiger partial charge in [0.05, 0.1) is 23.2 Å². The van der Waals surface area contributed by atoms with Gasteiger partial charge in [0.2, 0.25) is 17.8 Å². The van der Waals surface area contributed by atoms with E-state index in [0.717, 1.165) is 12.5 Å². The van der Waals surface area contributed by atoms with E-state index in [-0.39, 0.29) is 54.0 Å². The number of nitrogens with one attached hydrogen (secondary N) is 2. The highest BCUT2D eigenvalue weighted by Gasteiger charge is 2.30. The smallest absolute Gasteiger partial charge is 0.424 e. The Morgan fingerprint density at radius 2 is 1.66 bits per heavy atom. The molecule has 1 aliphatic rings. The number of primary amides is 2. The average molecular weight is 816 g/mol. The quantitative estimate of drug-likeness (QED) is 0.0656. The molecule has 0 aliphatic carbocycles. The summed E-state index contributed by atoms with van der Waals surface area (Å²) in [5.41, 5.74) is 11.8. The Morgan fingerprint density at radius 3 is 2.32 bits per heavy atom. The number of ether oxygens (including phenoxy) is 3. The van der Waals surface area contributed by atoms with Gasteiger partial charge < -0.3 is 35.6 Å². The van der Waals surface area contributed by atoms with Crippen LogP contribution in [0.1, 0.15) is 71.0 Å². The number of benzene rings is 2. The molecule has 0 saturated carbocycles. The molecule has 3 heterocycles. The number of carbonyl (C=O) groups is 4. The molecule has 4 amide bonds. The number of nitro groups is 1. The topological polar surface area (TPSA) is 257 Å². The number of methoxy groups -OCH3 is 1. The van der Waals surface area contributed by atoms with Crippen molar-refractivity contribution >= 4 is 52.2 Å². The van der Waals surface area contributed by atoms with Gasteiger partial charge >= 0.3 is 6.09 Å². The number of amides is 4. The number of imidazole rings is 1. The number of rotatable bonds is 17. The maximum absolute atomic E-state index is 13.5. The lowest BCUT2D eigenvalue weighted by atomic mass is 10.1. The number of fused-ring (bicyclic) bond motifs is 1. The largest absolute Gasteiger partial charge is 0.494 e. The molecule has 1 saturated heterocycles. The van der Waals surface area contributed by atoms with Crippen molar-refractivity contribution < 1.29 is 38.3 Å². The zero-order valence-electron chi connectivity index (χ0n) is 33.8. The number of nitro benzene ring substituents is 1. The Morgan fingerprint density at radius 1 is 0.966 bits per heavy atom. The third-order valence-electron chi connectivity index (χ3n) is 8.93. The Kier molecular flexibility index (Phi) is 13.6. The van der Waals surface area contributed by atoms with Crippen LogP contribution >= 0.6 is 0 Å². The van der Waals surface area contributed by atoms with Crippen molar-refractivity contribution in [1.82, 2.24) is 29.3 Å². The van der Waals surface area contributed by atoms with Crippen molar-refractivity contribution in [3.05, 3.63) is 87.3 Å². The van der Waals surface area contributed by atoms with Gasteiger partial charge in [-0.05, 0) is 65.3 Å². The summed E-state index contributed by atoms with van der Waals surface area (Å²) in [6.07, 6.45) is 7.27. The van der Waals surface area contributed by atoms with Gasteiger partial charge in [0.15, 0.2) is 11.4 Å². The van der Waals surface area contributed by atoms with Crippen LogP contribution < -0.4 is 31.6 Å². The Labute approximate surface area is 339 Å². The van der Waals surface area contributed by atoms with E-state index in [9.17, 15) is 29.3 Å². The molecular weight excluding hydrogens is 766 g/mol. The van der Waals surface area contributed by atoms with Gasteiger partial charge in [0, 0.05) is 56.5 Å². The average Bonchev–Trinajstić information content (AvgIpc) is 3.90. The number of hydrogen-bond acceptors (Lipinski definition) is 13. The predicted octanol–water partition coefficient (Wildman–Crippen LogP) is 4.39. The van der Waals surface area contributed by atoms with Crippen LogP contribution in [0.15, 0.2) is 54.6 Å². The van der Waals surface area contributed by atoms with Crippen LogP contribution in [-0.2, 0) is 17.8 Å². The SMILES string of the molecule is CCn1nc(C)cc1C(=O)Nc1nc2cc(C(N)=O)cc(OC)c2n1C/C=C/CNc1c(OC/C=C/CN2CCCN2C(=O)OC(C)(C)C)cc(C(N)=O)cc1[N+](=O)[O-]. The fourth-order valence-corrected chi connectivity index (χ4v) is 6.32. The van der Waals surface area contributed by atoms with E-state index < -0.39 is 40.0 Å². The molecule has 0 spiro atoms. The predicted molar refractivity (Wildman–Crippen MR) is 218 cm³/mol. The highest BCUT2D eigenvalue weighted by atomic mass is 16.6. The molecule has 0 radical (unpaired) electrons. The summed E-state index contributed by atoms with van der Waals surface area (Å²) in [6, 6.07) is 7.02. The molecule has 0 bridgehead atoms. The van der Waals surface area contributed by atoms with Gasteiger partial charge in [0.25, 0.3) is 11.6 Å². The zero-order valence-corrected chi connectivity index (χ0v) is 33.8. The van der Waals surface area contributed by atoms with Crippen molar-refractivity contribution in [1.29, 1.82) is 0 Å². The number of allylic oxidation sites excluding steroid dienone is 1. The minimum absolute atomic E-state index is 0.0122. The molecule has 2 aromatic carbocycles. The van der Waals surface area contributed by atoms with E-state index >= 15 is 0 Å². The molecule has 0 unspecified atom stereocenters. The molecule has 20 nitrogen and oxygen atoms in total. The number of aryl methyl sites for hydroxylation is 2. The molecule has 5 rings (SSSR count). The number of carbonyl (C=O) groups excluding carboxylic acids is 4. The third kappa shape index (κ3) is 10.5. The molecule has 1 fully saturated rings. The number of hydrogen-bond donors (Lipinski definition) is 4. The van der Waals surface area contributed by atoms with E-state index in [0.29, 0.717) is 48.6 Å². The van der Waals surface area contributed by atoms with Crippen LogP contribution in [0, 0.1) is 17.0 Å². The Balaban J connectivity index is 1.34. The van der Waals surface area contributed by atoms with Gasteiger partial charge in [-0.2, -0.15) is 5.10 Å². The summed E-state index contributed by atoms with van der Waals surface area (Å²) in [6.45, 7) is 11.2. The summed E-state index contributed by atoms with van der Waals surface area (Å²) < 4.78 is 20.3. The maximum Gasteiger partial charge on any atom is 0.424 e. The second kappa shape index (κ2) is 18.5.